The smallest absolute Gasteiger partial charge is 0.251 e. The summed E-state index contributed by atoms with van der Waals surface area (Å²) in [6, 6.07) is 15.3. The summed E-state index contributed by atoms with van der Waals surface area (Å²) in [6.07, 6.45) is 5.39. The molecule has 1 saturated carbocycles. The van der Waals surface area contributed by atoms with Gasteiger partial charge in [0.1, 0.15) is 0 Å². The van der Waals surface area contributed by atoms with E-state index in [2.05, 4.69) is 26.7 Å². The van der Waals surface area contributed by atoms with Crippen LogP contribution >= 0.6 is 11.6 Å². The van der Waals surface area contributed by atoms with Crippen molar-refractivity contribution in [2.75, 3.05) is 11.1 Å². The number of aromatic amines is 1. The van der Waals surface area contributed by atoms with E-state index in [0.717, 1.165) is 47.8 Å². The van der Waals surface area contributed by atoms with Gasteiger partial charge in [-0.1, -0.05) is 29.8 Å². The van der Waals surface area contributed by atoms with Crippen LogP contribution < -0.4 is 16.4 Å². The van der Waals surface area contributed by atoms with Crippen molar-refractivity contribution in [1.82, 2.24) is 20.3 Å². The summed E-state index contributed by atoms with van der Waals surface area (Å²) < 4.78 is 0. The average molecular weight is 475 g/mol. The fourth-order valence-corrected chi connectivity index (χ4v) is 4.92. The number of hydrogen-bond donors (Lipinski definition) is 4. The van der Waals surface area contributed by atoms with Gasteiger partial charge in [0.05, 0.1) is 16.9 Å². The Bertz CT molecular complexity index is 1330. The number of benzene rings is 2. The first-order valence-corrected chi connectivity index (χ1v) is 11.9. The molecule has 4 aromatic rings. The Kier molecular flexibility index (Phi) is 6.11. The van der Waals surface area contributed by atoms with Crippen molar-refractivity contribution in [2.45, 2.75) is 44.7 Å². The van der Waals surface area contributed by atoms with E-state index >= 15 is 0 Å². The molecular weight excluding hydrogens is 448 g/mol. The second-order valence-electron chi connectivity index (χ2n) is 8.86. The number of aromatic nitrogens is 3. The highest BCUT2D eigenvalue weighted by Gasteiger charge is 2.25. The highest BCUT2D eigenvalue weighted by atomic mass is 35.5. The van der Waals surface area contributed by atoms with Crippen LogP contribution in [0.4, 0.5) is 11.6 Å². The van der Waals surface area contributed by atoms with Crippen LogP contribution in [-0.2, 0) is 0 Å². The Labute approximate surface area is 203 Å². The minimum atomic E-state index is -0.0782. The van der Waals surface area contributed by atoms with E-state index in [9.17, 15) is 4.79 Å². The predicted octanol–water partition coefficient (Wildman–Crippen LogP) is 5.32. The molecule has 34 heavy (non-hydrogen) atoms. The first-order chi connectivity index (χ1) is 16.5. The number of anilines is 2. The number of hydrogen-bond acceptors (Lipinski definition) is 5. The van der Waals surface area contributed by atoms with Crippen LogP contribution in [0.25, 0.3) is 22.2 Å². The van der Waals surface area contributed by atoms with Crippen LogP contribution in [0.15, 0.2) is 54.7 Å². The maximum absolute atomic E-state index is 12.6. The lowest BCUT2D eigenvalue weighted by Crippen LogP contribution is -2.42. The van der Waals surface area contributed by atoms with Crippen LogP contribution in [-0.4, -0.2) is 32.9 Å². The molecule has 5 rings (SSSR count). The fourth-order valence-electron chi connectivity index (χ4n) is 4.73. The van der Waals surface area contributed by atoms with Gasteiger partial charge in [0.15, 0.2) is 0 Å². The summed E-state index contributed by atoms with van der Waals surface area (Å²) in [6.45, 7) is 2.02. The Morgan fingerprint density at radius 3 is 2.71 bits per heavy atom. The summed E-state index contributed by atoms with van der Waals surface area (Å²) in [4.78, 5) is 25.3. The average Bonchev–Trinajstić information content (AvgIpc) is 3.16. The predicted molar refractivity (Wildman–Crippen MR) is 137 cm³/mol. The molecule has 0 unspecified atom stereocenters. The number of nitrogen functional groups attached to an aromatic ring is 1. The summed E-state index contributed by atoms with van der Waals surface area (Å²) in [5.41, 5.74) is 10.7. The van der Waals surface area contributed by atoms with Gasteiger partial charge in [0, 0.05) is 45.5 Å². The number of rotatable bonds is 5. The van der Waals surface area contributed by atoms with Gasteiger partial charge in [0.25, 0.3) is 5.91 Å². The van der Waals surface area contributed by atoms with Crippen LogP contribution in [0, 0.1) is 6.92 Å². The van der Waals surface area contributed by atoms with Gasteiger partial charge in [0.2, 0.25) is 5.95 Å². The number of H-pyrrole nitrogens is 1. The summed E-state index contributed by atoms with van der Waals surface area (Å²) in [7, 11) is 0. The Hall–Kier alpha value is -3.58. The molecule has 0 radical (unpaired) electrons. The number of nitrogens with zero attached hydrogens (tertiary/aromatic N) is 2. The van der Waals surface area contributed by atoms with Crippen LogP contribution in [0.1, 0.15) is 41.7 Å². The number of nitrogens with two attached hydrogens (primary N) is 1. The molecule has 1 fully saturated rings. The Morgan fingerprint density at radius 2 is 1.88 bits per heavy atom. The largest absolute Gasteiger partial charge is 0.399 e. The van der Waals surface area contributed by atoms with Crippen molar-refractivity contribution in [1.29, 1.82) is 0 Å². The number of halogens is 1. The van der Waals surface area contributed by atoms with Gasteiger partial charge in [-0.2, -0.15) is 0 Å². The van der Waals surface area contributed by atoms with Gasteiger partial charge in [-0.15, -0.1) is 0 Å². The van der Waals surface area contributed by atoms with E-state index in [1.807, 2.05) is 25.1 Å². The zero-order chi connectivity index (χ0) is 23.7. The van der Waals surface area contributed by atoms with E-state index in [1.165, 1.54) is 0 Å². The second-order valence-corrected chi connectivity index (χ2v) is 9.27. The third-order valence-electron chi connectivity index (χ3n) is 6.39. The number of amides is 1. The molecule has 7 nitrogen and oxygen atoms in total. The molecule has 5 N–H and O–H groups in total. The monoisotopic (exact) mass is 474 g/mol. The van der Waals surface area contributed by atoms with Crippen LogP contribution in [0.5, 0.6) is 0 Å². The SMILES string of the molecule is Cc1[nH]c2ccccc2c1-c1nc(N[C@@H]2CCC[C@H](NC(=O)c3ccc(N)cc3)C2)ncc1Cl. The lowest BCUT2D eigenvalue weighted by molar-refractivity contribution is 0.0926. The van der Waals surface area contributed by atoms with Gasteiger partial charge < -0.3 is 21.4 Å². The van der Waals surface area contributed by atoms with Gasteiger partial charge in [-0.25, -0.2) is 9.97 Å². The molecule has 8 heteroatoms. The first-order valence-electron chi connectivity index (χ1n) is 11.5. The maximum Gasteiger partial charge on any atom is 0.251 e. The van der Waals surface area contributed by atoms with Crippen molar-refractivity contribution >= 4 is 40.0 Å². The van der Waals surface area contributed by atoms with E-state index < -0.39 is 0 Å². The van der Waals surface area contributed by atoms with Crippen molar-refractivity contribution in [3.8, 4) is 11.3 Å². The van der Waals surface area contributed by atoms with Gasteiger partial charge >= 0.3 is 0 Å². The minimum Gasteiger partial charge on any atom is -0.399 e. The van der Waals surface area contributed by atoms with Crippen LogP contribution in [0.2, 0.25) is 5.02 Å². The minimum absolute atomic E-state index is 0.0782. The molecule has 1 aliphatic carbocycles. The highest BCUT2D eigenvalue weighted by molar-refractivity contribution is 6.33. The highest BCUT2D eigenvalue weighted by Crippen LogP contribution is 2.35. The third-order valence-corrected chi connectivity index (χ3v) is 6.67. The molecule has 2 aromatic heterocycles. The quantitative estimate of drug-likeness (QED) is 0.292. The fraction of sp³-hybridized carbons (Fsp3) is 0.269. The zero-order valence-electron chi connectivity index (χ0n) is 18.9. The van der Waals surface area contributed by atoms with Crippen LogP contribution in [0.3, 0.4) is 0 Å². The molecule has 1 aliphatic rings. The standard InChI is InChI=1S/C26H27ClN6O/c1-15-23(20-7-2-3-8-22(20)30-15)24-21(27)14-29-26(33-24)32-19-6-4-5-18(13-19)31-25(34)16-9-11-17(28)12-10-16/h2-3,7-12,14,18-19,30H,4-6,13,28H2,1H3,(H,31,34)(H,29,32,33)/t18-,19+/m0/s1. The summed E-state index contributed by atoms with van der Waals surface area (Å²) in [5, 5.41) is 8.21. The van der Waals surface area contributed by atoms with Crippen molar-refractivity contribution < 1.29 is 4.79 Å². The third kappa shape index (κ3) is 4.56. The molecule has 0 spiro atoms. The number of nitrogens with one attached hydrogen (secondary N) is 3. The zero-order valence-corrected chi connectivity index (χ0v) is 19.7. The topological polar surface area (TPSA) is 109 Å². The summed E-state index contributed by atoms with van der Waals surface area (Å²) >= 11 is 6.53. The molecule has 0 saturated heterocycles. The number of para-hydroxylation sites is 1. The van der Waals surface area contributed by atoms with Crippen molar-refractivity contribution in [3.63, 3.8) is 0 Å². The van der Waals surface area contributed by atoms with E-state index in [0.29, 0.717) is 27.9 Å². The molecule has 1 amide bonds. The van der Waals surface area contributed by atoms with E-state index in [1.54, 1.807) is 30.5 Å². The maximum atomic E-state index is 12.6. The number of aryl methyl sites for hydroxylation is 1. The lowest BCUT2D eigenvalue weighted by atomic mass is 9.91. The van der Waals surface area contributed by atoms with Gasteiger partial charge in [-0.05, 0) is 62.9 Å². The molecule has 2 atom stereocenters. The summed E-state index contributed by atoms with van der Waals surface area (Å²) in [5.74, 6) is 0.463. The number of carbonyl (C=O) groups is 1. The molecule has 2 heterocycles. The lowest BCUT2D eigenvalue weighted by Gasteiger charge is -2.30. The molecule has 2 aromatic carbocycles. The Balaban J connectivity index is 1.31. The normalized spacial score (nSPS) is 18.1. The second kappa shape index (κ2) is 9.35. The van der Waals surface area contributed by atoms with Crippen molar-refractivity contribution in [2.24, 2.45) is 0 Å². The van der Waals surface area contributed by atoms with Gasteiger partial charge in [-0.3, -0.25) is 4.79 Å². The molecule has 0 bridgehead atoms. The number of carbonyl (C=O) groups excluding carboxylic acids is 1. The Morgan fingerprint density at radius 1 is 1.12 bits per heavy atom. The molecule has 0 aliphatic heterocycles. The van der Waals surface area contributed by atoms with E-state index in [-0.39, 0.29) is 18.0 Å². The molecule has 174 valence electrons. The number of fused-ring (bicyclic) bond motifs is 1. The first kappa shape index (κ1) is 22.2. The molecular formula is C26H27ClN6O. The van der Waals surface area contributed by atoms with Crippen molar-refractivity contribution in [3.05, 3.63) is 71.0 Å². The van der Waals surface area contributed by atoms with E-state index in [4.69, 9.17) is 22.3 Å².